The van der Waals surface area contributed by atoms with E-state index in [4.69, 9.17) is 0 Å². The molecule has 0 aliphatic heterocycles. The summed E-state index contributed by atoms with van der Waals surface area (Å²) in [5.74, 6) is 0.441. The summed E-state index contributed by atoms with van der Waals surface area (Å²) < 4.78 is 0. The third-order valence-corrected chi connectivity index (χ3v) is 3.37. The lowest BCUT2D eigenvalue weighted by atomic mass is 10.0. The van der Waals surface area contributed by atoms with E-state index < -0.39 is 0 Å². The molecule has 0 saturated heterocycles. The Labute approximate surface area is 108 Å². The zero-order valence-electron chi connectivity index (χ0n) is 11.1. The third-order valence-electron chi connectivity index (χ3n) is 3.37. The van der Waals surface area contributed by atoms with E-state index >= 15 is 0 Å². The van der Waals surface area contributed by atoms with Gasteiger partial charge in [0.2, 0.25) is 0 Å². The van der Waals surface area contributed by atoms with E-state index in [1.807, 2.05) is 49.4 Å². The molecule has 94 valence electrons. The second kappa shape index (κ2) is 5.21. The number of carbonyl (C=O) groups excluding carboxylic acids is 1. The molecule has 0 fully saturated rings. The molecule has 1 N–H and O–H groups in total. The molecule has 2 aromatic rings. The molecule has 0 aliphatic rings. The standard InChI is InChI=1S/C16H19NO/c1-11(2)12(3)17-16(18)15-9-8-13-6-4-5-7-14(13)10-15/h4-12H,1-3H3,(H,17,18). The van der Waals surface area contributed by atoms with E-state index in [2.05, 4.69) is 19.2 Å². The van der Waals surface area contributed by atoms with Gasteiger partial charge < -0.3 is 5.32 Å². The van der Waals surface area contributed by atoms with Crippen molar-refractivity contribution in [3.05, 3.63) is 48.0 Å². The normalized spacial score (nSPS) is 12.7. The fourth-order valence-corrected chi connectivity index (χ4v) is 1.79. The van der Waals surface area contributed by atoms with Gasteiger partial charge in [-0.25, -0.2) is 0 Å². The van der Waals surface area contributed by atoms with E-state index in [0.29, 0.717) is 5.92 Å². The number of nitrogens with one attached hydrogen (secondary N) is 1. The molecule has 0 spiro atoms. The maximum Gasteiger partial charge on any atom is 0.251 e. The van der Waals surface area contributed by atoms with Crippen molar-refractivity contribution in [2.24, 2.45) is 5.92 Å². The molecular weight excluding hydrogens is 222 g/mol. The summed E-state index contributed by atoms with van der Waals surface area (Å²) in [6.45, 7) is 6.24. The Kier molecular flexibility index (Phi) is 3.66. The summed E-state index contributed by atoms with van der Waals surface area (Å²) in [7, 11) is 0. The summed E-state index contributed by atoms with van der Waals surface area (Å²) in [5.41, 5.74) is 0.723. The van der Waals surface area contributed by atoms with Crippen LogP contribution in [-0.4, -0.2) is 11.9 Å². The van der Waals surface area contributed by atoms with Gasteiger partial charge in [0.15, 0.2) is 0 Å². The smallest absolute Gasteiger partial charge is 0.251 e. The lowest BCUT2D eigenvalue weighted by molar-refractivity contribution is 0.0930. The van der Waals surface area contributed by atoms with Gasteiger partial charge >= 0.3 is 0 Å². The van der Waals surface area contributed by atoms with E-state index in [-0.39, 0.29) is 11.9 Å². The lowest BCUT2D eigenvalue weighted by Crippen LogP contribution is -2.36. The molecule has 1 unspecified atom stereocenters. The van der Waals surface area contributed by atoms with Crippen molar-refractivity contribution in [3.63, 3.8) is 0 Å². The minimum Gasteiger partial charge on any atom is -0.349 e. The molecule has 0 heterocycles. The Morgan fingerprint density at radius 3 is 2.33 bits per heavy atom. The van der Waals surface area contributed by atoms with Crippen LogP contribution in [0.2, 0.25) is 0 Å². The van der Waals surface area contributed by atoms with Crippen LogP contribution in [0.4, 0.5) is 0 Å². The number of amides is 1. The van der Waals surface area contributed by atoms with Crippen LogP contribution in [0.5, 0.6) is 0 Å². The molecule has 1 amide bonds. The molecule has 18 heavy (non-hydrogen) atoms. The van der Waals surface area contributed by atoms with Gasteiger partial charge in [0.05, 0.1) is 0 Å². The number of hydrogen-bond donors (Lipinski definition) is 1. The van der Waals surface area contributed by atoms with Gasteiger partial charge in [-0.05, 0) is 35.7 Å². The number of hydrogen-bond acceptors (Lipinski definition) is 1. The first-order chi connectivity index (χ1) is 8.58. The molecular formula is C16H19NO. The molecule has 1 atom stereocenters. The molecule has 2 rings (SSSR count). The number of fused-ring (bicyclic) bond motifs is 1. The summed E-state index contributed by atoms with van der Waals surface area (Å²) in [5, 5.41) is 5.28. The maximum absolute atomic E-state index is 12.1. The summed E-state index contributed by atoms with van der Waals surface area (Å²) in [4.78, 5) is 12.1. The molecule has 0 radical (unpaired) electrons. The molecule has 0 saturated carbocycles. The van der Waals surface area contributed by atoms with Gasteiger partial charge in [0, 0.05) is 11.6 Å². The van der Waals surface area contributed by atoms with Crippen LogP contribution in [0.1, 0.15) is 31.1 Å². The van der Waals surface area contributed by atoms with Crippen molar-refractivity contribution < 1.29 is 4.79 Å². The van der Waals surface area contributed by atoms with Crippen molar-refractivity contribution >= 4 is 16.7 Å². The van der Waals surface area contributed by atoms with E-state index in [9.17, 15) is 4.79 Å². The summed E-state index contributed by atoms with van der Waals surface area (Å²) in [6, 6.07) is 14.1. The Morgan fingerprint density at radius 1 is 1.00 bits per heavy atom. The number of rotatable bonds is 3. The fourth-order valence-electron chi connectivity index (χ4n) is 1.79. The topological polar surface area (TPSA) is 29.1 Å². The van der Waals surface area contributed by atoms with Crippen molar-refractivity contribution in [1.29, 1.82) is 0 Å². The maximum atomic E-state index is 12.1. The minimum absolute atomic E-state index is 0.00181. The van der Waals surface area contributed by atoms with Crippen LogP contribution in [0.3, 0.4) is 0 Å². The Hall–Kier alpha value is -1.83. The van der Waals surface area contributed by atoms with Gasteiger partial charge in [-0.3, -0.25) is 4.79 Å². The fraction of sp³-hybridized carbons (Fsp3) is 0.312. The van der Waals surface area contributed by atoms with E-state index in [1.165, 1.54) is 0 Å². The highest BCUT2D eigenvalue weighted by atomic mass is 16.1. The van der Waals surface area contributed by atoms with Crippen LogP contribution in [-0.2, 0) is 0 Å². The number of benzene rings is 2. The summed E-state index contributed by atoms with van der Waals surface area (Å²) in [6.07, 6.45) is 0. The Balaban J connectivity index is 2.23. The molecule has 0 aliphatic carbocycles. The second-order valence-electron chi connectivity index (χ2n) is 5.07. The van der Waals surface area contributed by atoms with Gasteiger partial charge in [0.25, 0.3) is 5.91 Å². The van der Waals surface area contributed by atoms with Crippen LogP contribution in [0.15, 0.2) is 42.5 Å². The van der Waals surface area contributed by atoms with Crippen LogP contribution >= 0.6 is 0 Å². The van der Waals surface area contributed by atoms with Crippen molar-refractivity contribution in [3.8, 4) is 0 Å². The van der Waals surface area contributed by atoms with Gasteiger partial charge in [-0.2, -0.15) is 0 Å². The predicted octanol–water partition coefficient (Wildman–Crippen LogP) is 3.61. The average molecular weight is 241 g/mol. The van der Waals surface area contributed by atoms with Gasteiger partial charge in [-0.15, -0.1) is 0 Å². The SMILES string of the molecule is CC(C)C(C)NC(=O)c1ccc2ccccc2c1. The molecule has 2 nitrogen and oxygen atoms in total. The van der Waals surface area contributed by atoms with Crippen molar-refractivity contribution in [2.75, 3.05) is 0 Å². The largest absolute Gasteiger partial charge is 0.349 e. The molecule has 0 aromatic heterocycles. The Morgan fingerprint density at radius 2 is 1.67 bits per heavy atom. The highest BCUT2D eigenvalue weighted by molar-refractivity contribution is 5.98. The molecule has 0 bridgehead atoms. The van der Waals surface area contributed by atoms with Gasteiger partial charge in [0.1, 0.15) is 0 Å². The first kappa shape index (κ1) is 12.6. The van der Waals surface area contributed by atoms with Crippen molar-refractivity contribution in [2.45, 2.75) is 26.8 Å². The molecule has 2 aromatic carbocycles. The van der Waals surface area contributed by atoms with Crippen molar-refractivity contribution in [1.82, 2.24) is 5.32 Å². The monoisotopic (exact) mass is 241 g/mol. The van der Waals surface area contributed by atoms with Crippen LogP contribution in [0, 0.1) is 5.92 Å². The van der Waals surface area contributed by atoms with Gasteiger partial charge in [-0.1, -0.05) is 44.2 Å². The number of carbonyl (C=O) groups is 1. The average Bonchev–Trinajstić information content (AvgIpc) is 2.37. The third kappa shape index (κ3) is 2.70. The first-order valence-corrected chi connectivity index (χ1v) is 6.37. The van der Waals surface area contributed by atoms with E-state index in [0.717, 1.165) is 16.3 Å². The second-order valence-corrected chi connectivity index (χ2v) is 5.07. The minimum atomic E-state index is 0.00181. The summed E-state index contributed by atoms with van der Waals surface area (Å²) >= 11 is 0. The molecule has 2 heteroatoms. The zero-order valence-corrected chi connectivity index (χ0v) is 11.1. The first-order valence-electron chi connectivity index (χ1n) is 6.37. The Bertz CT molecular complexity index is 560. The van der Waals surface area contributed by atoms with Crippen LogP contribution in [0.25, 0.3) is 10.8 Å². The lowest BCUT2D eigenvalue weighted by Gasteiger charge is -2.17. The highest BCUT2D eigenvalue weighted by Gasteiger charge is 2.12. The van der Waals surface area contributed by atoms with Crippen LogP contribution < -0.4 is 5.32 Å². The highest BCUT2D eigenvalue weighted by Crippen LogP contribution is 2.15. The predicted molar refractivity (Wildman–Crippen MR) is 75.7 cm³/mol. The van der Waals surface area contributed by atoms with E-state index in [1.54, 1.807) is 0 Å². The quantitative estimate of drug-likeness (QED) is 0.873. The zero-order chi connectivity index (χ0) is 13.1.